The van der Waals surface area contributed by atoms with E-state index >= 15 is 0 Å². The second-order valence-corrected chi connectivity index (χ2v) is 6.85. The van der Waals surface area contributed by atoms with Crippen molar-refractivity contribution in [2.75, 3.05) is 7.05 Å². The summed E-state index contributed by atoms with van der Waals surface area (Å²) in [4.78, 5) is 4.35. The van der Waals surface area contributed by atoms with E-state index in [9.17, 15) is 0 Å². The third kappa shape index (κ3) is 5.13. The van der Waals surface area contributed by atoms with Gasteiger partial charge in [-0.2, -0.15) is 0 Å². The van der Waals surface area contributed by atoms with Crippen LogP contribution in [0.1, 0.15) is 24.8 Å². The molecule has 2 N–H and O–H groups in total. The number of fused-ring (bicyclic) bond motifs is 2. The number of nitrogens with zero attached hydrogens (tertiary/aromatic N) is 1. The van der Waals surface area contributed by atoms with Gasteiger partial charge >= 0.3 is 0 Å². The second kappa shape index (κ2) is 9.41. The lowest BCUT2D eigenvalue weighted by molar-refractivity contribution is 0.0992. The van der Waals surface area contributed by atoms with E-state index in [1.807, 2.05) is 48.5 Å². The lowest BCUT2D eigenvalue weighted by Crippen LogP contribution is -2.47. The van der Waals surface area contributed by atoms with Crippen molar-refractivity contribution in [2.24, 2.45) is 4.99 Å². The summed E-state index contributed by atoms with van der Waals surface area (Å²) >= 11 is 0. The molecule has 0 amide bonds. The number of aliphatic imine (C=N–C) groups is 1. The van der Waals surface area contributed by atoms with Crippen LogP contribution in [-0.2, 0) is 11.3 Å². The second-order valence-electron chi connectivity index (χ2n) is 6.85. The molecule has 2 bridgehead atoms. The molecule has 2 heterocycles. The van der Waals surface area contributed by atoms with Crippen LogP contribution in [0, 0.1) is 0 Å². The van der Waals surface area contributed by atoms with E-state index < -0.39 is 0 Å². The Kier molecular flexibility index (Phi) is 6.95. The van der Waals surface area contributed by atoms with E-state index in [0.717, 1.165) is 35.9 Å². The van der Waals surface area contributed by atoms with Crippen molar-refractivity contribution in [3.8, 4) is 11.5 Å². The molecule has 4 rings (SSSR count). The summed E-state index contributed by atoms with van der Waals surface area (Å²) in [7, 11) is 1.80. The van der Waals surface area contributed by atoms with Crippen LogP contribution < -0.4 is 15.4 Å². The molecule has 2 fully saturated rings. The molecule has 0 aromatic heterocycles. The number of hydrogen-bond acceptors (Lipinski definition) is 3. The van der Waals surface area contributed by atoms with Gasteiger partial charge in [0.2, 0.25) is 0 Å². The van der Waals surface area contributed by atoms with Crippen LogP contribution in [0.15, 0.2) is 59.6 Å². The topological polar surface area (TPSA) is 54.9 Å². The van der Waals surface area contributed by atoms with Crippen molar-refractivity contribution in [1.29, 1.82) is 0 Å². The van der Waals surface area contributed by atoms with E-state index in [0.29, 0.717) is 24.8 Å². The Bertz CT molecular complexity index is 769. The molecule has 5 nitrogen and oxygen atoms in total. The highest BCUT2D eigenvalue weighted by atomic mass is 127. The number of halogens is 1. The standard InChI is InChI=1S/C21H25N3O2.HI/c1-22-21(24-19-13-18-10-11-20(19)26-18)23-14-15-6-5-9-17(12-15)25-16-7-3-2-4-8-16;/h2-9,12,18-20H,10-11,13-14H2,1H3,(H2,22,23,24);1H. The van der Waals surface area contributed by atoms with Gasteiger partial charge in [-0.25, -0.2) is 0 Å². The fourth-order valence-corrected chi connectivity index (χ4v) is 3.69. The van der Waals surface area contributed by atoms with Crippen LogP contribution in [0.2, 0.25) is 0 Å². The number of nitrogens with one attached hydrogen (secondary N) is 2. The summed E-state index contributed by atoms with van der Waals surface area (Å²) in [5.41, 5.74) is 1.14. The molecule has 2 aromatic carbocycles. The fourth-order valence-electron chi connectivity index (χ4n) is 3.69. The van der Waals surface area contributed by atoms with Crippen LogP contribution in [0.5, 0.6) is 11.5 Å². The van der Waals surface area contributed by atoms with Crippen LogP contribution in [0.4, 0.5) is 0 Å². The number of para-hydroxylation sites is 1. The first-order valence-corrected chi connectivity index (χ1v) is 9.24. The average molecular weight is 479 g/mol. The molecule has 27 heavy (non-hydrogen) atoms. The minimum atomic E-state index is 0. The van der Waals surface area contributed by atoms with Gasteiger partial charge in [-0.1, -0.05) is 30.3 Å². The highest BCUT2D eigenvalue weighted by Crippen LogP contribution is 2.34. The summed E-state index contributed by atoms with van der Waals surface area (Å²) in [5, 5.41) is 6.90. The minimum Gasteiger partial charge on any atom is -0.457 e. The van der Waals surface area contributed by atoms with E-state index in [1.165, 1.54) is 6.42 Å². The Balaban J connectivity index is 0.00000210. The lowest BCUT2D eigenvalue weighted by Gasteiger charge is -2.22. The van der Waals surface area contributed by atoms with Crippen LogP contribution in [0.3, 0.4) is 0 Å². The van der Waals surface area contributed by atoms with Crippen LogP contribution in [0.25, 0.3) is 0 Å². The molecular weight excluding hydrogens is 453 g/mol. The maximum absolute atomic E-state index is 5.90. The minimum absolute atomic E-state index is 0. The molecule has 2 aromatic rings. The molecule has 3 atom stereocenters. The number of hydrogen-bond donors (Lipinski definition) is 2. The van der Waals surface area contributed by atoms with E-state index in [4.69, 9.17) is 9.47 Å². The number of benzene rings is 2. The highest BCUT2D eigenvalue weighted by molar-refractivity contribution is 14.0. The number of ether oxygens (including phenoxy) is 2. The Morgan fingerprint density at radius 1 is 1.11 bits per heavy atom. The molecule has 144 valence electrons. The van der Waals surface area contributed by atoms with Gasteiger partial charge < -0.3 is 20.1 Å². The highest BCUT2D eigenvalue weighted by Gasteiger charge is 2.41. The molecular formula is C21H26IN3O2. The van der Waals surface area contributed by atoms with E-state index in [1.54, 1.807) is 7.05 Å². The summed E-state index contributed by atoms with van der Waals surface area (Å²) < 4.78 is 11.8. The van der Waals surface area contributed by atoms with Gasteiger partial charge in [-0.05, 0) is 49.1 Å². The monoisotopic (exact) mass is 479 g/mol. The van der Waals surface area contributed by atoms with Gasteiger partial charge in [-0.15, -0.1) is 24.0 Å². The van der Waals surface area contributed by atoms with Gasteiger partial charge in [0.05, 0.1) is 18.2 Å². The maximum atomic E-state index is 5.90. The molecule has 6 heteroatoms. The van der Waals surface area contributed by atoms with E-state index in [2.05, 4.69) is 21.7 Å². The fraction of sp³-hybridized carbons (Fsp3) is 0.381. The van der Waals surface area contributed by atoms with Crippen molar-refractivity contribution in [1.82, 2.24) is 10.6 Å². The van der Waals surface area contributed by atoms with E-state index in [-0.39, 0.29) is 24.0 Å². The zero-order valence-corrected chi connectivity index (χ0v) is 17.8. The number of rotatable bonds is 5. The smallest absolute Gasteiger partial charge is 0.191 e. The Morgan fingerprint density at radius 3 is 2.63 bits per heavy atom. The molecule has 2 aliphatic rings. The van der Waals surface area contributed by atoms with Crippen molar-refractivity contribution in [2.45, 2.75) is 44.1 Å². The normalized spacial score (nSPS) is 23.6. The Labute approximate surface area is 177 Å². The van der Waals surface area contributed by atoms with Crippen molar-refractivity contribution in [3.05, 3.63) is 60.2 Å². The molecule has 2 saturated heterocycles. The summed E-state index contributed by atoms with van der Waals surface area (Å²) in [6.45, 7) is 0.688. The summed E-state index contributed by atoms with van der Waals surface area (Å²) in [6, 6.07) is 18.3. The number of guanidine groups is 1. The summed E-state index contributed by atoms with van der Waals surface area (Å²) in [6.07, 6.45) is 4.19. The first-order chi connectivity index (χ1) is 12.8. The lowest BCUT2D eigenvalue weighted by atomic mass is 9.96. The predicted molar refractivity (Wildman–Crippen MR) is 118 cm³/mol. The zero-order valence-electron chi connectivity index (χ0n) is 15.4. The van der Waals surface area contributed by atoms with Crippen LogP contribution >= 0.6 is 24.0 Å². The summed E-state index contributed by atoms with van der Waals surface area (Å²) in [5.74, 6) is 2.49. The van der Waals surface area contributed by atoms with Crippen molar-refractivity contribution >= 4 is 29.9 Å². The maximum Gasteiger partial charge on any atom is 0.191 e. The SMILES string of the molecule is CN=C(NCc1cccc(Oc2ccccc2)c1)NC1CC2CCC1O2.I. The third-order valence-corrected chi connectivity index (χ3v) is 4.99. The molecule has 2 aliphatic heterocycles. The van der Waals surface area contributed by atoms with Crippen molar-refractivity contribution < 1.29 is 9.47 Å². The van der Waals surface area contributed by atoms with Gasteiger partial charge in [0.1, 0.15) is 11.5 Å². The first kappa shape index (κ1) is 19.9. The first-order valence-electron chi connectivity index (χ1n) is 9.24. The third-order valence-electron chi connectivity index (χ3n) is 4.99. The molecule has 0 spiro atoms. The quantitative estimate of drug-likeness (QED) is 0.386. The van der Waals surface area contributed by atoms with Crippen LogP contribution in [-0.4, -0.2) is 31.3 Å². The van der Waals surface area contributed by atoms with Crippen molar-refractivity contribution in [3.63, 3.8) is 0 Å². The van der Waals surface area contributed by atoms with Gasteiger partial charge in [0, 0.05) is 13.6 Å². The van der Waals surface area contributed by atoms with Gasteiger partial charge in [0.15, 0.2) is 5.96 Å². The Hall–Kier alpha value is -1.80. The molecule has 0 saturated carbocycles. The average Bonchev–Trinajstić information content (AvgIpc) is 3.29. The van der Waals surface area contributed by atoms with Gasteiger partial charge in [-0.3, -0.25) is 4.99 Å². The zero-order chi connectivity index (χ0) is 17.8. The molecule has 0 radical (unpaired) electrons. The van der Waals surface area contributed by atoms with Gasteiger partial charge in [0.25, 0.3) is 0 Å². The molecule has 0 aliphatic carbocycles. The largest absolute Gasteiger partial charge is 0.457 e. The Morgan fingerprint density at radius 2 is 1.93 bits per heavy atom. The molecule has 3 unspecified atom stereocenters. The predicted octanol–water partition coefficient (Wildman–Crippen LogP) is 4.08.